The minimum Gasteiger partial charge on any atom is -0.345 e. The summed E-state index contributed by atoms with van der Waals surface area (Å²) in [5, 5.41) is 0. The third kappa shape index (κ3) is 3.68. The molecule has 0 aliphatic carbocycles. The van der Waals surface area contributed by atoms with Crippen molar-refractivity contribution in [3.63, 3.8) is 0 Å². The van der Waals surface area contributed by atoms with E-state index in [1.54, 1.807) is 18.0 Å². The van der Waals surface area contributed by atoms with Crippen LogP contribution in [0.25, 0.3) is 0 Å². The summed E-state index contributed by atoms with van der Waals surface area (Å²) >= 11 is 0. The summed E-state index contributed by atoms with van der Waals surface area (Å²) < 4.78 is 26.9. The number of hydrogen-bond donors (Lipinski definition) is 1. The molecule has 1 unspecified atom stereocenters. The van der Waals surface area contributed by atoms with Gasteiger partial charge in [-0.05, 0) is 25.0 Å². The van der Waals surface area contributed by atoms with Gasteiger partial charge in [0, 0.05) is 32.1 Å². The Morgan fingerprint density at radius 3 is 2.71 bits per heavy atom. The molecule has 0 bridgehead atoms. The molecule has 1 aromatic rings. The molecule has 1 aliphatic rings. The van der Waals surface area contributed by atoms with Gasteiger partial charge < -0.3 is 4.90 Å². The molecule has 1 N–H and O–H groups in total. The maximum atomic E-state index is 12.2. The Bertz CT molecular complexity index is 669. The van der Waals surface area contributed by atoms with E-state index in [1.807, 2.05) is 0 Å². The molecule has 0 spiro atoms. The SMILES string of the molecule is CC(=O)c1cccc(S(=O)(=O)NCC2CC(=O)N(C)C2)c1. The topological polar surface area (TPSA) is 83.5 Å². The molecule has 1 saturated heterocycles. The van der Waals surface area contributed by atoms with E-state index in [-0.39, 0.29) is 29.0 Å². The minimum atomic E-state index is -3.67. The molecule has 1 fully saturated rings. The van der Waals surface area contributed by atoms with Crippen molar-refractivity contribution in [2.75, 3.05) is 20.1 Å². The van der Waals surface area contributed by atoms with Crippen LogP contribution in [0.1, 0.15) is 23.7 Å². The number of nitrogens with zero attached hydrogens (tertiary/aromatic N) is 1. The summed E-state index contributed by atoms with van der Waals surface area (Å²) in [5.74, 6) is -0.180. The quantitative estimate of drug-likeness (QED) is 0.809. The molecule has 1 aromatic carbocycles. The number of Topliss-reactive ketones (excluding diaryl/α,β-unsaturated/α-hetero) is 1. The highest BCUT2D eigenvalue weighted by molar-refractivity contribution is 7.89. The van der Waals surface area contributed by atoms with Crippen molar-refractivity contribution in [3.05, 3.63) is 29.8 Å². The van der Waals surface area contributed by atoms with Gasteiger partial charge >= 0.3 is 0 Å². The van der Waals surface area contributed by atoms with E-state index in [1.165, 1.54) is 25.1 Å². The number of nitrogens with one attached hydrogen (secondary N) is 1. The predicted octanol–water partition coefficient (Wildman–Crippen LogP) is 0.646. The minimum absolute atomic E-state index is 0.0201. The number of sulfonamides is 1. The van der Waals surface area contributed by atoms with Crippen LogP contribution in [0.5, 0.6) is 0 Å². The molecular weight excluding hydrogens is 292 g/mol. The second kappa shape index (κ2) is 5.95. The molecule has 6 nitrogen and oxygen atoms in total. The van der Waals surface area contributed by atoms with Crippen LogP contribution in [-0.2, 0) is 14.8 Å². The molecule has 0 aromatic heterocycles. The van der Waals surface area contributed by atoms with Gasteiger partial charge in [-0.2, -0.15) is 0 Å². The normalized spacial score (nSPS) is 19.0. The van der Waals surface area contributed by atoms with Crippen LogP contribution in [0.2, 0.25) is 0 Å². The summed E-state index contributed by atoms with van der Waals surface area (Å²) in [6, 6.07) is 5.92. The summed E-state index contributed by atoms with van der Waals surface area (Å²) in [4.78, 5) is 24.4. The first-order valence-electron chi connectivity index (χ1n) is 6.64. The van der Waals surface area contributed by atoms with Crippen molar-refractivity contribution in [1.29, 1.82) is 0 Å². The van der Waals surface area contributed by atoms with Gasteiger partial charge in [-0.15, -0.1) is 0 Å². The van der Waals surface area contributed by atoms with Crippen LogP contribution in [0.15, 0.2) is 29.2 Å². The number of benzene rings is 1. The summed E-state index contributed by atoms with van der Waals surface area (Å²) in [5.41, 5.74) is 0.355. The maximum Gasteiger partial charge on any atom is 0.240 e. The van der Waals surface area contributed by atoms with Crippen molar-refractivity contribution in [3.8, 4) is 0 Å². The molecule has 21 heavy (non-hydrogen) atoms. The third-order valence-electron chi connectivity index (χ3n) is 3.53. The van der Waals surface area contributed by atoms with Gasteiger partial charge in [-0.3, -0.25) is 9.59 Å². The van der Waals surface area contributed by atoms with Gasteiger partial charge in [-0.25, -0.2) is 13.1 Å². The van der Waals surface area contributed by atoms with Crippen molar-refractivity contribution in [2.24, 2.45) is 5.92 Å². The Kier molecular flexibility index (Phi) is 4.43. The fraction of sp³-hybridized carbons (Fsp3) is 0.429. The number of hydrogen-bond acceptors (Lipinski definition) is 4. The number of likely N-dealkylation sites (tertiary alicyclic amines) is 1. The lowest BCUT2D eigenvalue weighted by Crippen LogP contribution is -2.30. The lowest BCUT2D eigenvalue weighted by Gasteiger charge is -2.12. The lowest BCUT2D eigenvalue weighted by atomic mass is 10.1. The number of carbonyl (C=O) groups is 2. The zero-order chi connectivity index (χ0) is 15.6. The van der Waals surface area contributed by atoms with E-state index in [0.29, 0.717) is 18.5 Å². The monoisotopic (exact) mass is 310 g/mol. The Morgan fingerprint density at radius 2 is 2.14 bits per heavy atom. The van der Waals surface area contributed by atoms with Gasteiger partial charge in [0.15, 0.2) is 5.78 Å². The van der Waals surface area contributed by atoms with Crippen LogP contribution < -0.4 is 4.72 Å². The molecule has 1 heterocycles. The molecule has 1 amide bonds. The maximum absolute atomic E-state index is 12.2. The van der Waals surface area contributed by atoms with E-state index in [9.17, 15) is 18.0 Å². The van der Waals surface area contributed by atoms with Crippen LogP contribution in [0.3, 0.4) is 0 Å². The van der Waals surface area contributed by atoms with Gasteiger partial charge in [0.25, 0.3) is 0 Å². The van der Waals surface area contributed by atoms with E-state index in [2.05, 4.69) is 4.72 Å². The molecule has 1 aliphatic heterocycles. The van der Waals surface area contributed by atoms with Crippen molar-refractivity contribution < 1.29 is 18.0 Å². The molecule has 2 rings (SSSR count). The molecule has 7 heteroatoms. The van der Waals surface area contributed by atoms with Gasteiger partial charge in [0.1, 0.15) is 0 Å². The highest BCUT2D eigenvalue weighted by Gasteiger charge is 2.28. The number of carbonyl (C=O) groups excluding carboxylic acids is 2. The summed E-state index contributed by atoms with van der Waals surface area (Å²) in [7, 11) is -1.97. The molecule has 0 saturated carbocycles. The summed E-state index contributed by atoms with van der Waals surface area (Å²) in [6.45, 7) is 2.15. The largest absolute Gasteiger partial charge is 0.345 e. The average molecular weight is 310 g/mol. The second-order valence-corrected chi connectivity index (χ2v) is 7.05. The van der Waals surface area contributed by atoms with E-state index < -0.39 is 10.0 Å². The third-order valence-corrected chi connectivity index (χ3v) is 4.96. The van der Waals surface area contributed by atoms with Crippen LogP contribution in [0.4, 0.5) is 0 Å². The summed E-state index contributed by atoms with van der Waals surface area (Å²) in [6.07, 6.45) is 0.354. The number of rotatable bonds is 5. The smallest absolute Gasteiger partial charge is 0.240 e. The Morgan fingerprint density at radius 1 is 1.43 bits per heavy atom. The molecule has 1 atom stereocenters. The lowest BCUT2D eigenvalue weighted by molar-refractivity contribution is -0.126. The van der Waals surface area contributed by atoms with Gasteiger partial charge in [-0.1, -0.05) is 12.1 Å². The van der Waals surface area contributed by atoms with Crippen molar-refractivity contribution in [2.45, 2.75) is 18.2 Å². The highest BCUT2D eigenvalue weighted by Crippen LogP contribution is 2.17. The first-order chi connectivity index (χ1) is 9.79. The molecule has 114 valence electrons. The van der Waals surface area contributed by atoms with Crippen molar-refractivity contribution >= 4 is 21.7 Å². The first-order valence-corrected chi connectivity index (χ1v) is 8.12. The molecule has 0 radical (unpaired) electrons. The number of ketones is 1. The molecular formula is C14H18N2O4S. The van der Waals surface area contributed by atoms with Gasteiger partial charge in [0.05, 0.1) is 4.90 Å². The Labute approximate surface area is 124 Å². The predicted molar refractivity (Wildman–Crippen MR) is 77.4 cm³/mol. The van der Waals surface area contributed by atoms with E-state index in [4.69, 9.17) is 0 Å². The van der Waals surface area contributed by atoms with Crippen LogP contribution in [-0.4, -0.2) is 45.1 Å². The zero-order valence-electron chi connectivity index (χ0n) is 12.0. The first kappa shape index (κ1) is 15.7. The van der Waals surface area contributed by atoms with E-state index >= 15 is 0 Å². The zero-order valence-corrected chi connectivity index (χ0v) is 12.8. The standard InChI is InChI=1S/C14H18N2O4S/c1-10(17)12-4-3-5-13(7-12)21(19,20)15-8-11-6-14(18)16(2)9-11/h3-5,7,11,15H,6,8-9H2,1-2H3. The van der Waals surface area contributed by atoms with Crippen LogP contribution in [0, 0.1) is 5.92 Å². The Hall–Kier alpha value is -1.73. The number of amides is 1. The fourth-order valence-electron chi connectivity index (χ4n) is 2.29. The fourth-order valence-corrected chi connectivity index (χ4v) is 3.45. The Balaban J connectivity index is 2.07. The average Bonchev–Trinajstić information content (AvgIpc) is 2.76. The highest BCUT2D eigenvalue weighted by atomic mass is 32.2. The van der Waals surface area contributed by atoms with Gasteiger partial charge in [0.2, 0.25) is 15.9 Å². The van der Waals surface area contributed by atoms with Crippen molar-refractivity contribution in [1.82, 2.24) is 9.62 Å². The van der Waals surface area contributed by atoms with E-state index in [0.717, 1.165) is 0 Å². The second-order valence-electron chi connectivity index (χ2n) is 5.28. The van der Waals surface area contributed by atoms with Crippen LogP contribution >= 0.6 is 0 Å².